The lowest BCUT2D eigenvalue weighted by Crippen LogP contribution is -2.48. The number of nitrogens with two attached hydrogens (primary N) is 1. The largest absolute Gasteiger partial charge is 0.480 e. The zero-order chi connectivity index (χ0) is 48.9. The van der Waals surface area contributed by atoms with E-state index >= 15 is 0 Å². The Morgan fingerprint density at radius 3 is 1.48 bits per heavy atom. The van der Waals surface area contributed by atoms with Gasteiger partial charge in [-0.05, 0) is 39.2 Å². The van der Waals surface area contributed by atoms with Crippen LogP contribution in [0, 0.1) is 0 Å². The van der Waals surface area contributed by atoms with Gasteiger partial charge in [0.2, 0.25) is 29.5 Å². The number of carbonyl (C=O) groups is 7. The number of amides is 5. The number of carbonyl (C=O) groups excluding carboxylic acids is 6. The van der Waals surface area contributed by atoms with Crippen LogP contribution in [0.2, 0.25) is 0 Å². The third-order valence-corrected chi connectivity index (χ3v) is 10.7. The molecule has 0 heterocycles. The van der Waals surface area contributed by atoms with Crippen molar-refractivity contribution in [2.75, 3.05) is 92.7 Å². The van der Waals surface area contributed by atoms with Crippen molar-refractivity contribution in [1.82, 2.24) is 31.9 Å². The van der Waals surface area contributed by atoms with E-state index in [0.29, 0.717) is 32.2 Å². The number of rotatable bonds is 49. The van der Waals surface area contributed by atoms with E-state index in [0.717, 1.165) is 19.3 Å². The van der Waals surface area contributed by atoms with Gasteiger partial charge in [0, 0.05) is 32.5 Å². The molecule has 0 aliphatic heterocycles. The summed E-state index contributed by atoms with van der Waals surface area (Å²) in [4.78, 5) is 83.7. The first-order valence-corrected chi connectivity index (χ1v) is 24.4. The first-order chi connectivity index (χ1) is 31.9. The van der Waals surface area contributed by atoms with Crippen molar-refractivity contribution in [3.63, 3.8) is 0 Å². The van der Waals surface area contributed by atoms with Crippen LogP contribution in [0.5, 0.6) is 0 Å². The Kier molecular flexibility index (Phi) is 42.4. The molecule has 20 nitrogen and oxygen atoms in total. The first-order valence-electron chi connectivity index (χ1n) is 24.4. The Bertz CT molecular complexity index is 1300. The zero-order valence-electron chi connectivity index (χ0n) is 40.2. The van der Waals surface area contributed by atoms with Gasteiger partial charge in [0.15, 0.2) is 5.78 Å². The second kappa shape index (κ2) is 45.0. The molecule has 0 radical (unpaired) electrons. The molecule has 0 aromatic carbocycles. The lowest BCUT2D eigenvalue weighted by molar-refractivity contribution is -0.142. The molecule has 0 spiro atoms. The number of carboxylic acid groups (broad SMARTS) is 1. The Labute approximate surface area is 393 Å². The van der Waals surface area contributed by atoms with E-state index in [2.05, 4.69) is 38.8 Å². The fraction of sp³-hybridized carbons (Fsp3) is 0.848. The fourth-order valence-electron chi connectivity index (χ4n) is 6.71. The van der Waals surface area contributed by atoms with E-state index in [9.17, 15) is 38.7 Å². The van der Waals surface area contributed by atoms with Crippen molar-refractivity contribution in [3.8, 4) is 0 Å². The summed E-state index contributed by atoms with van der Waals surface area (Å²) in [7, 11) is 1.66. The molecule has 0 aromatic rings. The molecule has 384 valence electrons. The molecule has 0 aliphatic rings. The number of nitrogens with one attached hydrogen (secondary N) is 6. The molecule has 0 aromatic heterocycles. The summed E-state index contributed by atoms with van der Waals surface area (Å²) in [6.45, 7) is 3.41. The number of hydrogen-bond acceptors (Lipinski definition) is 14. The van der Waals surface area contributed by atoms with Gasteiger partial charge in [-0.15, -0.1) is 0 Å². The van der Waals surface area contributed by atoms with Crippen LogP contribution in [0.1, 0.15) is 142 Å². The highest BCUT2D eigenvalue weighted by atomic mass is 16.5. The van der Waals surface area contributed by atoms with Gasteiger partial charge < -0.3 is 61.5 Å². The van der Waals surface area contributed by atoms with Crippen LogP contribution < -0.4 is 37.6 Å². The van der Waals surface area contributed by atoms with Gasteiger partial charge in [-0.3, -0.25) is 34.1 Å². The number of carboxylic acids is 1. The minimum Gasteiger partial charge on any atom is -0.480 e. The molecule has 0 fully saturated rings. The predicted molar refractivity (Wildman–Crippen MR) is 250 cm³/mol. The van der Waals surface area contributed by atoms with Crippen molar-refractivity contribution >= 4 is 41.3 Å². The molecule has 0 bridgehead atoms. The number of likely N-dealkylation sites (N-methyl/N-ethyl adjacent to an activating group) is 1. The third kappa shape index (κ3) is 39.4. The molecule has 66 heavy (non-hydrogen) atoms. The van der Waals surface area contributed by atoms with Gasteiger partial charge in [0.1, 0.15) is 25.3 Å². The summed E-state index contributed by atoms with van der Waals surface area (Å²) >= 11 is 0. The summed E-state index contributed by atoms with van der Waals surface area (Å²) in [6.07, 6.45) is 20.4. The molecule has 3 atom stereocenters. The third-order valence-electron chi connectivity index (χ3n) is 10.7. The van der Waals surface area contributed by atoms with Crippen LogP contribution in [-0.4, -0.2) is 162 Å². The topological polar surface area (TPSA) is 295 Å². The van der Waals surface area contributed by atoms with E-state index in [1.807, 2.05) is 0 Å². The Morgan fingerprint density at radius 2 is 1.00 bits per heavy atom. The Hall–Kier alpha value is -3.79. The summed E-state index contributed by atoms with van der Waals surface area (Å²) in [5.74, 6) is -3.36. The lowest BCUT2D eigenvalue weighted by Gasteiger charge is -2.17. The number of ketones is 1. The molecule has 5 amide bonds. The van der Waals surface area contributed by atoms with Crippen molar-refractivity contribution in [3.05, 3.63) is 0 Å². The average molecular weight is 946 g/mol. The van der Waals surface area contributed by atoms with Crippen molar-refractivity contribution in [2.45, 2.75) is 160 Å². The standard InChI is InChI=1S/C46H87N7O13/c1-3-4-5-6-7-8-9-10-11-12-13-14-15-16-17-21-42(57)53-38(46(61)62)22-23-41(56)50-25-27-63-29-32-66-36-44(59)51-26-28-64-30-31-65-35-43(58)49-24-19-18-20-37(48-2)40(55)33-52-39(34-54)45(47)60/h37-39,48,52,54H,3-36H2,1-2H3,(H2,47,60)(H,49,58)(H,50,56)(H,51,59)(H,53,57)(H,61,62)/t37-,38-,39-/m0/s1. The van der Waals surface area contributed by atoms with Gasteiger partial charge in [-0.1, -0.05) is 96.8 Å². The van der Waals surface area contributed by atoms with Gasteiger partial charge in [-0.2, -0.15) is 0 Å². The monoisotopic (exact) mass is 946 g/mol. The van der Waals surface area contributed by atoms with Crippen LogP contribution in [0.15, 0.2) is 0 Å². The molecular weight excluding hydrogens is 859 g/mol. The maximum Gasteiger partial charge on any atom is 0.326 e. The smallest absolute Gasteiger partial charge is 0.326 e. The van der Waals surface area contributed by atoms with Gasteiger partial charge in [-0.25, -0.2) is 4.79 Å². The van der Waals surface area contributed by atoms with Crippen LogP contribution in [0.4, 0.5) is 0 Å². The van der Waals surface area contributed by atoms with Crippen LogP contribution in [-0.2, 0) is 52.5 Å². The quantitative estimate of drug-likeness (QED) is 0.0393. The molecular formula is C46H87N7O13. The average Bonchev–Trinajstić information content (AvgIpc) is 3.29. The van der Waals surface area contributed by atoms with Crippen molar-refractivity contribution in [1.29, 1.82) is 0 Å². The van der Waals surface area contributed by atoms with Crippen molar-refractivity contribution < 1.29 is 62.7 Å². The highest BCUT2D eigenvalue weighted by Gasteiger charge is 2.21. The molecule has 0 saturated heterocycles. The van der Waals surface area contributed by atoms with Crippen LogP contribution >= 0.6 is 0 Å². The number of aliphatic carboxylic acids is 1. The van der Waals surface area contributed by atoms with E-state index in [4.69, 9.17) is 29.8 Å². The fourth-order valence-corrected chi connectivity index (χ4v) is 6.71. The number of primary amides is 1. The van der Waals surface area contributed by atoms with Crippen molar-refractivity contribution in [2.24, 2.45) is 5.73 Å². The Balaban J connectivity index is 3.72. The van der Waals surface area contributed by atoms with Gasteiger partial charge in [0.05, 0.1) is 58.8 Å². The lowest BCUT2D eigenvalue weighted by atomic mass is 10.0. The summed E-state index contributed by atoms with van der Waals surface area (Å²) < 4.78 is 21.4. The molecule has 0 aliphatic carbocycles. The summed E-state index contributed by atoms with van der Waals surface area (Å²) in [5.41, 5.74) is 5.15. The SMILES string of the molecule is CCCCCCCCCCCCCCCCCC(=O)N[C@@H](CCC(=O)NCCOCCOCC(=O)NCCOCCOCC(=O)NCCCC[C@H](NC)C(=O)CN[C@@H](CO)C(N)=O)C(=O)O. The molecule has 10 N–H and O–H groups in total. The number of hydrogen-bond donors (Lipinski definition) is 9. The maximum atomic E-state index is 12.3. The van der Waals surface area contributed by atoms with Gasteiger partial charge >= 0.3 is 5.97 Å². The summed E-state index contributed by atoms with van der Waals surface area (Å²) in [6, 6.07) is -2.56. The Morgan fingerprint density at radius 1 is 0.515 bits per heavy atom. The predicted octanol–water partition coefficient (Wildman–Crippen LogP) is 1.78. The molecule has 0 unspecified atom stereocenters. The maximum absolute atomic E-state index is 12.3. The first kappa shape index (κ1) is 62.2. The minimum atomic E-state index is -1.17. The number of aliphatic hydroxyl groups is 1. The van der Waals surface area contributed by atoms with E-state index in [1.165, 1.54) is 70.6 Å². The van der Waals surface area contributed by atoms with Crippen LogP contribution in [0.25, 0.3) is 0 Å². The van der Waals surface area contributed by atoms with Crippen LogP contribution in [0.3, 0.4) is 0 Å². The second-order valence-corrected chi connectivity index (χ2v) is 16.4. The number of unbranched alkanes of at least 4 members (excludes halogenated alkanes) is 15. The van der Waals surface area contributed by atoms with Gasteiger partial charge in [0.25, 0.3) is 0 Å². The highest BCUT2D eigenvalue weighted by molar-refractivity contribution is 5.87. The number of aliphatic hydroxyl groups excluding tert-OH is 1. The summed E-state index contributed by atoms with van der Waals surface area (Å²) in [5, 5.41) is 34.8. The number of ether oxygens (including phenoxy) is 4. The van der Waals surface area contributed by atoms with E-state index in [1.54, 1.807) is 7.05 Å². The second-order valence-electron chi connectivity index (χ2n) is 16.4. The number of Topliss-reactive ketones (excluding diaryl/α,β-unsaturated/α-hetero) is 1. The normalized spacial score (nSPS) is 12.5. The highest BCUT2D eigenvalue weighted by Crippen LogP contribution is 2.14. The van der Waals surface area contributed by atoms with E-state index < -0.39 is 36.6 Å². The van der Waals surface area contributed by atoms with E-state index in [-0.39, 0.29) is 121 Å². The molecule has 20 heteroatoms. The molecule has 0 rings (SSSR count). The zero-order valence-corrected chi connectivity index (χ0v) is 40.2. The minimum absolute atomic E-state index is 0.0179. The molecule has 0 saturated carbocycles.